The van der Waals surface area contributed by atoms with Crippen molar-refractivity contribution >= 4 is 17.4 Å². The molecule has 7 nitrogen and oxygen atoms in total. The van der Waals surface area contributed by atoms with Gasteiger partial charge in [0.15, 0.2) is 11.5 Å². The summed E-state index contributed by atoms with van der Waals surface area (Å²) >= 11 is 0. The molecule has 188 valence electrons. The van der Waals surface area contributed by atoms with Gasteiger partial charge >= 0.3 is 0 Å². The second-order valence-corrected chi connectivity index (χ2v) is 8.45. The quantitative estimate of drug-likeness (QED) is 0.182. The van der Waals surface area contributed by atoms with Gasteiger partial charge in [-0.2, -0.15) is 0 Å². The van der Waals surface area contributed by atoms with Crippen LogP contribution < -0.4 is 25.8 Å². The lowest BCUT2D eigenvalue weighted by molar-refractivity contribution is -0.122. The van der Waals surface area contributed by atoms with Crippen LogP contribution in [0.2, 0.25) is 0 Å². The van der Waals surface area contributed by atoms with Crippen molar-refractivity contribution in [1.82, 2.24) is 5.32 Å². The molecule has 0 saturated heterocycles. The molecule has 4 rings (SSSR count). The maximum absolute atomic E-state index is 13.9. The molecule has 0 aliphatic carbocycles. The van der Waals surface area contributed by atoms with Crippen LogP contribution in [0.25, 0.3) is 0 Å². The summed E-state index contributed by atoms with van der Waals surface area (Å²) in [6, 6.07) is 31.1. The number of carbonyl (C=O) groups excluding carboxylic acids is 1. The molecule has 0 saturated carbocycles. The van der Waals surface area contributed by atoms with Gasteiger partial charge in [-0.1, -0.05) is 66.7 Å². The molecule has 1 atom stereocenters. The maximum atomic E-state index is 13.9. The number of hydrogen-bond acceptors (Lipinski definition) is 5. The second kappa shape index (κ2) is 11.8. The zero-order valence-corrected chi connectivity index (χ0v) is 20.8. The van der Waals surface area contributed by atoms with Crippen LogP contribution in [0.4, 0.5) is 5.69 Å². The van der Waals surface area contributed by atoms with Crippen molar-refractivity contribution in [2.24, 2.45) is 5.73 Å². The molecule has 0 aromatic heterocycles. The van der Waals surface area contributed by atoms with Gasteiger partial charge in [0.25, 0.3) is 0 Å². The molecular weight excluding hydrogens is 464 g/mol. The molecule has 0 heterocycles. The Morgan fingerprint density at radius 3 is 1.84 bits per heavy atom. The van der Waals surface area contributed by atoms with Gasteiger partial charge in [-0.3, -0.25) is 10.2 Å². The number of hydrogen-bond donors (Lipinski definition) is 4. The number of anilines is 1. The Labute approximate surface area is 216 Å². The number of amidine groups is 1. The number of amides is 1. The molecule has 0 unspecified atom stereocenters. The summed E-state index contributed by atoms with van der Waals surface area (Å²) in [4.78, 5) is 13.9. The van der Waals surface area contributed by atoms with Gasteiger partial charge in [-0.15, -0.1) is 0 Å². The Bertz CT molecular complexity index is 1300. The van der Waals surface area contributed by atoms with Crippen LogP contribution in [0.3, 0.4) is 0 Å². The molecule has 4 aromatic carbocycles. The monoisotopic (exact) mass is 494 g/mol. The number of nitrogens with two attached hydrogens (primary N) is 1. The fourth-order valence-corrected chi connectivity index (χ4v) is 4.12. The van der Waals surface area contributed by atoms with E-state index in [9.17, 15) is 4.79 Å². The average molecular weight is 495 g/mol. The van der Waals surface area contributed by atoms with E-state index in [0.717, 1.165) is 11.1 Å². The van der Waals surface area contributed by atoms with E-state index < -0.39 is 6.04 Å². The van der Waals surface area contributed by atoms with Crippen LogP contribution in [0.1, 0.15) is 34.3 Å². The largest absolute Gasteiger partial charge is 0.493 e. The Balaban J connectivity index is 1.71. The van der Waals surface area contributed by atoms with Gasteiger partial charge in [-0.25, -0.2) is 0 Å². The SMILES string of the molecule is COc1ccc([C@H](Nc2ccc(C(=N)N)cc2)C(=O)NC(c2ccccc2)c2ccccc2)cc1OC. The first-order chi connectivity index (χ1) is 18.0. The molecule has 1 amide bonds. The molecule has 0 aliphatic heterocycles. The van der Waals surface area contributed by atoms with Crippen molar-refractivity contribution in [2.45, 2.75) is 12.1 Å². The molecule has 0 spiro atoms. The maximum Gasteiger partial charge on any atom is 0.247 e. The van der Waals surface area contributed by atoms with Gasteiger partial charge in [0, 0.05) is 11.3 Å². The third-order valence-electron chi connectivity index (χ3n) is 6.06. The van der Waals surface area contributed by atoms with Gasteiger partial charge in [0.05, 0.1) is 20.3 Å². The number of nitrogen functional groups attached to an aromatic ring is 1. The number of benzene rings is 4. The summed E-state index contributed by atoms with van der Waals surface area (Å²) in [5.41, 5.74) is 9.55. The van der Waals surface area contributed by atoms with E-state index in [1.54, 1.807) is 50.6 Å². The standard InChI is InChI=1S/C30H30N4O3/c1-36-25-18-15-23(19-26(25)37-2)28(33-24-16-13-22(14-17-24)29(31)32)30(35)34-27(20-9-5-3-6-10-20)21-11-7-4-8-12-21/h3-19,27-28,33H,1-2H3,(H3,31,32)(H,34,35)/t28-/m0/s1. The number of nitrogens with one attached hydrogen (secondary N) is 3. The summed E-state index contributed by atoms with van der Waals surface area (Å²) in [6.07, 6.45) is 0. The lowest BCUT2D eigenvalue weighted by Gasteiger charge is -2.26. The molecule has 4 aromatic rings. The van der Waals surface area contributed by atoms with E-state index in [0.29, 0.717) is 28.3 Å². The van der Waals surface area contributed by atoms with E-state index in [1.165, 1.54) is 0 Å². The number of rotatable bonds is 10. The minimum absolute atomic E-state index is 0.0192. The topological polar surface area (TPSA) is 109 Å². The predicted octanol–water partition coefficient (Wildman–Crippen LogP) is 5.05. The van der Waals surface area contributed by atoms with Crippen molar-refractivity contribution in [3.8, 4) is 11.5 Å². The minimum Gasteiger partial charge on any atom is -0.493 e. The van der Waals surface area contributed by atoms with E-state index in [4.69, 9.17) is 20.6 Å². The zero-order valence-electron chi connectivity index (χ0n) is 20.8. The highest BCUT2D eigenvalue weighted by molar-refractivity contribution is 5.95. The smallest absolute Gasteiger partial charge is 0.247 e. The summed E-state index contributed by atoms with van der Waals surface area (Å²) in [7, 11) is 3.13. The van der Waals surface area contributed by atoms with Crippen molar-refractivity contribution in [1.29, 1.82) is 5.41 Å². The molecule has 0 bridgehead atoms. The van der Waals surface area contributed by atoms with Gasteiger partial charge < -0.3 is 25.8 Å². The van der Waals surface area contributed by atoms with E-state index in [1.807, 2.05) is 66.7 Å². The number of carbonyl (C=O) groups is 1. The second-order valence-electron chi connectivity index (χ2n) is 8.45. The number of methoxy groups -OCH3 is 2. The van der Waals surface area contributed by atoms with Crippen LogP contribution in [-0.4, -0.2) is 26.0 Å². The first kappa shape index (κ1) is 25.3. The van der Waals surface area contributed by atoms with Crippen LogP contribution >= 0.6 is 0 Å². The molecule has 5 N–H and O–H groups in total. The van der Waals surface area contributed by atoms with Crippen molar-refractivity contribution in [3.63, 3.8) is 0 Å². The first-order valence-corrected chi connectivity index (χ1v) is 11.8. The fraction of sp³-hybridized carbons (Fsp3) is 0.133. The summed E-state index contributed by atoms with van der Waals surface area (Å²) in [6.45, 7) is 0. The summed E-state index contributed by atoms with van der Waals surface area (Å²) < 4.78 is 10.9. The van der Waals surface area contributed by atoms with Crippen molar-refractivity contribution in [2.75, 3.05) is 19.5 Å². The Morgan fingerprint density at radius 2 is 1.32 bits per heavy atom. The van der Waals surface area contributed by atoms with E-state index >= 15 is 0 Å². The van der Waals surface area contributed by atoms with Crippen molar-refractivity contribution < 1.29 is 14.3 Å². The van der Waals surface area contributed by atoms with Gasteiger partial charge in [0.2, 0.25) is 5.91 Å². The highest BCUT2D eigenvalue weighted by Gasteiger charge is 2.26. The van der Waals surface area contributed by atoms with Crippen molar-refractivity contribution in [3.05, 3.63) is 125 Å². The predicted molar refractivity (Wildman–Crippen MR) is 146 cm³/mol. The van der Waals surface area contributed by atoms with Crippen LogP contribution in [0, 0.1) is 5.41 Å². The lowest BCUT2D eigenvalue weighted by atomic mass is 9.97. The normalized spacial score (nSPS) is 11.4. The number of ether oxygens (including phenoxy) is 2. The average Bonchev–Trinajstić information content (AvgIpc) is 2.95. The Hall–Kier alpha value is -4.78. The molecule has 0 radical (unpaired) electrons. The lowest BCUT2D eigenvalue weighted by Crippen LogP contribution is -2.36. The highest BCUT2D eigenvalue weighted by Crippen LogP contribution is 2.32. The van der Waals surface area contributed by atoms with Gasteiger partial charge in [-0.05, 0) is 53.1 Å². The highest BCUT2D eigenvalue weighted by atomic mass is 16.5. The Morgan fingerprint density at radius 1 is 0.757 bits per heavy atom. The Kier molecular flexibility index (Phi) is 8.05. The van der Waals surface area contributed by atoms with E-state index in [2.05, 4.69) is 10.6 Å². The molecule has 37 heavy (non-hydrogen) atoms. The molecule has 0 fully saturated rings. The summed E-state index contributed by atoms with van der Waals surface area (Å²) in [5.74, 6) is 0.853. The van der Waals surface area contributed by atoms with Crippen LogP contribution in [-0.2, 0) is 4.79 Å². The third-order valence-corrected chi connectivity index (χ3v) is 6.06. The zero-order chi connectivity index (χ0) is 26.2. The molecular formula is C30H30N4O3. The van der Waals surface area contributed by atoms with Crippen LogP contribution in [0.5, 0.6) is 11.5 Å². The first-order valence-electron chi connectivity index (χ1n) is 11.8. The third kappa shape index (κ3) is 6.08. The minimum atomic E-state index is -0.752. The van der Waals surface area contributed by atoms with Gasteiger partial charge in [0.1, 0.15) is 11.9 Å². The fourth-order valence-electron chi connectivity index (χ4n) is 4.12. The molecule has 0 aliphatic rings. The van der Waals surface area contributed by atoms with E-state index in [-0.39, 0.29) is 17.8 Å². The summed E-state index contributed by atoms with van der Waals surface area (Å²) in [5, 5.41) is 14.2. The molecule has 7 heteroatoms. The van der Waals surface area contributed by atoms with Crippen LogP contribution in [0.15, 0.2) is 103 Å².